The third kappa shape index (κ3) is 3.55. The second-order valence-corrected chi connectivity index (χ2v) is 6.02. The minimum absolute atomic E-state index is 0.206. The lowest BCUT2D eigenvalue weighted by Gasteiger charge is -2.25. The van der Waals surface area contributed by atoms with E-state index in [-0.39, 0.29) is 6.79 Å². The Balaban J connectivity index is 1.73. The molecule has 0 spiro atoms. The van der Waals surface area contributed by atoms with Crippen LogP contribution in [0.25, 0.3) is 11.1 Å². The second-order valence-electron chi connectivity index (χ2n) is 6.02. The molecule has 2 aromatic carbocycles. The van der Waals surface area contributed by atoms with Crippen LogP contribution in [0.15, 0.2) is 42.5 Å². The molecule has 4 N–H and O–H groups in total. The summed E-state index contributed by atoms with van der Waals surface area (Å²) in [5, 5.41) is 22.8. The Labute approximate surface area is 149 Å². The molecule has 0 aliphatic carbocycles. The lowest BCUT2D eigenvalue weighted by molar-refractivity contribution is -0.123. The van der Waals surface area contributed by atoms with Crippen molar-refractivity contribution in [3.63, 3.8) is 0 Å². The molecule has 0 unspecified atom stereocenters. The first-order chi connectivity index (χ1) is 12.4. The maximum absolute atomic E-state index is 12.3. The van der Waals surface area contributed by atoms with Gasteiger partial charge in [0.2, 0.25) is 6.79 Å². The Morgan fingerprint density at radius 2 is 1.73 bits per heavy atom. The number of ether oxygens (including phenoxy) is 2. The van der Waals surface area contributed by atoms with Gasteiger partial charge in [0.05, 0.1) is 6.61 Å². The van der Waals surface area contributed by atoms with Gasteiger partial charge in [-0.3, -0.25) is 4.79 Å². The first-order valence-electron chi connectivity index (χ1n) is 7.85. The number of carbonyl (C=O) groups excluding carboxylic acids is 1. The van der Waals surface area contributed by atoms with Gasteiger partial charge in [0.1, 0.15) is 5.54 Å². The smallest absolute Gasteiger partial charge is 0.405 e. The van der Waals surface area contributed by atoms with E-state index in [0.29, 0.717) is 17.2 Å². The van der Waals surface area contributed by atoms with Crippen molar-refractivity contribution < 1.29 is 29.3 Å². The zero-order valence-corrected chi connectivity index (χ0v) is 14.0. The number of hydrogen-bond acceptors (Lipinski definition) is 5. The van der Waals surface area contributed by atoms with Gasteiger partial charge in [-0.2, -0.15) is 0 Å². The van der Waals surface area contributed by atoms with E-state index in [4.69, 9.17) is 14.6 Å². The van der Waals surface area contributed by atoms with Gasteiger partial charge in [0, 0.05) is 5.69 Å². The molecule has 0 bridgehead atoms. The Morgan fingerprint density at radius 1 is 1.08 bits per heavy atom. The number of amides is 2. The van der Waals surface area contributed by atoms with E-state index >= 15 is 0 Å². The minimum atomic E-state index is -1.64. The van der Waals surface area contributed by atoms with Crippen molar-refractivity contribution in [2.75, 3.05) is 18.7 Å². The molecular formula is C18H18N2O6. The van der Waals surface area contributed by atoms with Gasteiger partial charge in [-0.1, -0.05) is 18.2 Å². The van der Waals surface area contributed by atoms with Gasteiger partial charge < -0.3 is 30.3 Å². The zero-order valence-electron chi connectivity index (χ0n) is 14.0. The summed E-state index contributed by atoms with van der Waals surface area (Å²) in [6, 6.07) is 12.6. The fraction of sp³-hybridized carbons (Fsp3) is 0.222. The van der Waals surface area contributed by atoms with Crippen LogP contribution in [0.1, 0.15) is 6.92 Å². The summed E-state index contributed by atoms with van der Waals surface area (Å²) < 4.78 is 10.6. The topological polar surface area (TPSA) is 117 Å². The molecule has 0 saturated carbocycles. The molecule has 26 heavy (non-hydrogen) atoms. The number of benzene rings is 2. The third-order valence-corrected chi connectivity index (χ3v) is 4.05. The number of fused-ring (bicyclic) bond motifs is 1. The Bertz CT molecular complexity index is 836. The van der Waals surface area contributed by atoms with E-state index in [1.165, 1.54) is 6.92 Å². The van der Waals surface area contributed by atoms with Crippen molar-refractivity contribution in [1.82, 2.24) is 5.32 Å². The van der Waals surface area contributed by atoms with Crippen LogP contribution in [-0.4, -0.2) is 41.2 Å². The van der Waals surface area contributed by atoms with E-state index in [2.05, 4.69) is 5.32 Å². The summed E-state index contributed by atoms with van der Waals surface area (Å²) in [4.78, 5) is 23.0. The van der Waals surface area contributed by atoms with Gasteiger partial charge in [-0.15, -0.1) is 0 Å². The second kappa shape index (κ2) is 6.93. The number of aliphatic hydroxyl groups excluding tert-OH is 1. The van der Waals surface area contributed by atoms with Crippen molar-refractivity contribution in [3.05, 3.63) is 42.5 Å². The summed E-state index contributed by atoms with van der Waals surface area (Å²) in [5.41, 5.74) is 0.683. The Kier molecular flexibility index (Phi) is 4.68. The number of rotatable bonds is 5. The fourth-order valence-corrected chi connectivity index (χ4v) is 2.50. The van der Waals surface area contributed by atoms with Gasteiger partial charge in [0.15, 0.2) is 11.5 Å². The molecule has 0 fully saturated rings. The molecule has 0 aromatic heterocycles. The van der Waals surface area contributed by atoms with Crippen LogP contribution in [0.5, 0.6) is 11.5 Å². The van der Waals surface area contributed by atoms with E-state index in [1.807, 2.05) is 35.6 Å². The number of hydrogen-bond donors (Lipinski definition) is 4. The van der Waals surface area contributed by atoms with Crippen LogP contribution in [-0.2, 0) is 4.79 Å². The summed E-state index contributed by atoms with van der Waals surface area (Å²) in [6.45, 7) is 0.843. The minimum Gasteiger partial charge on any atom is -0.465 e. The van der Waals surface area contributed by atoms with Crippen molar-refractivity contribution >= 4 is 17.7 Å². The number of nitrogens with one attached hydrogen (secondary N) is 2. The van der Waals surface area contributed by atoms with Gasteiger partial charge in [-0.25, -0.2) is 4.79 Å². The third-order valence-electron chi connectivity index (χ3n) is 4.05. The molecular weight excluding hydrogens is 340 g/mol. The lowest BCUT2D eigenvalue weighted by atomic mass is 10.0. The SMILES string of the molecule is C[C@@](CO)(NC(=O)O)C(=O)Nc1ccc(-c2ccc3c(c2)OCO3)cc1. The molecule has 0 saturated heterocycles. The molecule has 1 heterocycles. The quantitative estimate of drug-likeness (QED) is 0.650. The van der Waals surface area contributed by atoms with Crippen LogP contribution in [0, 0.1) is 0 Å². The van der Waals surface area contributed by atoms with Crippen LogP contribution >= 0.6 is 0 Å². The molecule has 2 amide bonds. The average molecular weight is 358 g/mol. The summed E-state index contributed by atoms with van der Waals surface area (Å²) in [6.07, 6.45) is -1.39. The molecule has 2 aromatic rings. The summed E-state index contributed by atoms with van der Waals surface area (Å²) >= 11 is 0. The summed E-state index contributed by atoms with van der Waals surface area (Å²) in [7, 11) is 0. The van der Waals surface area contributed by atoms with Crippen LogP contribution in [0.3, 0.4) is 0 Å². The highest BCUT2D eigenvalue weighted by atomic mass is 16.7. The molecule has 8 heteroatoms. The highest BCUT2D eigenvalue weighted by Crippen LogP contribution is 2.36. The van der Waals surface area contributed by atoms with Gasteiger partial charge >= 0.3 is 6.09 Å². The van der Waals surface area contributed by atoms with Crippen molar-refractivity contribution in [3.8, 4) is 22.6 Å². The molecule has 1 aliphatic rings. The normalized spacial score (nSPS) is 14.4. The standard InChI is InChI=1S/C18H18N2O6/c1-18(9-21,20-17(23)24)16(22)19-13-5-2-11(3-6-13)12-4-7-14-15(8-12)26-10-25-14/h2-8,20-21H,9-10H2,1H3,(H,19,22)(H,23,24)/t18-/m0/s1. The maximum atomic E-state index is 12.3. The highest BCUT2D eigenvalue weighted by Gasteiger charge is 2.34. The van der Waals surface area contributed by atoms with Crippen LogP contribution in [0.2, 0.25) is 0 Å². The molecule has 136 valence electrons. The van der Waals surface area contributed by atoms with Crippen molar-refractivity contribution in [2.24, 2.45) is 0 Å². The fourth-order valence-electron chi connectivity index (χ4n) is 2.50. The highest BCUT2D eigenvalue weighted by molar-refractivity contribution is 5.99. The number of anilines is 1. The summed E-state index contributed by atoms with van der Waals surface area (Å²) in [5.74, 6) is 0.725. The number of carboxylic acid groups (broad SMARTS) is 1. The predicted octanol–water partition coefficient (Wildman–Crippen LogP) is 2.04. The molecule has 1 aliphatic heterocycles. The van der Waals surface area contributed by atoms with Crippen molar-refractivity contribution in [2.45, 2.75) is 12.5 Å². The molecule has 0 radical (unpaired) electrons. The first-order valence-corrected chi connectivity index (χ1v) is 7.85. The van der Waals surface area contributed by atoms with Crippen LogP contribution in [0.4, 0.5) is 10.5 Å². The Morgan fingerprint density at radius 3 is 2.38 bits per heavy atom. The zero-order chi connectivity index (χ0) is 18.7. The number of aliphatic hydroxyl groups is 1. The molecule has 3 rings (SSSR count). The van der Waals surface area contributed by atoms with E-state index in [0.717, 1.165) is 11.1 Å². The Hall–Kier alpha value is -3.26. The first kappa shape index (κ1) is 17.6. The maximum Gasteiger partial charge on any atom is 0.405 e. The van der Waals surface area contributed by atoms with Gasteiger partial charge in [0.25, 0.3) is 5.91 Å². The van der Waals surface area contributed by atoms with Gasteiger partial charge in [-0.05, 0) is 42.3 Å². The van der Waals surface area contributed by atoms with Crippen molar-refractivity contribution in [1.29, 1.82) is 0 Å². The van der Waals surface area contributed by atoms with E-state index < -0.39 is 24.1 Å². The van der Waals surface area contributed by atoms with E-state index in [1.54, 1.807) is 12.1 Å². The predicted molar refractivity (Wildman–Crippen MR) is 93.3 cm³/mol. The molecule has 8 nitrogen and oxygen atoms in total. The number of carbonyl (C=O) groups is 2. The largest absolute Gasteiger partial charge is 0.465 e. The average Bonchev–Trinajstić information content (AvgIpc) is 3.09. The van der Waals surface area contributed by atoms with Crippen LogP contribution < -0.4 is 20.1 Å². The molecule has 1 atom stereocenters. The lowest BCUT2D eigenvalue weighted by Crippen LogP contribution is -2.56. The monoisotopic (exact) mass is 358 g/mol. The van der Waals surface area contributed by atoms with E-state index in [9.17, 15) is 14.7 Å².